The lowest BCUT2D eigenvalue weighted by molar-refractivity contribution is -0.384. The molecule has 0 spiro atoms. The Morgan fingerprint density at radius 2 is 1.88 bits per heavy atom. The number of benzene rings is 2. The predicted molar refractivity (Wildman–Crippen MR) is 121 cm³/mol. The lowest BCUT2D eigenvalue weighted by Gasteiger charge is -2.49. The average Bonchev–Trinajstić information content (AvgIpc) is 3.05. The highest BCUT2D eigenvalue weighted by Crippen LogP contribution is 2.45. The van der Waals surface area contributed by atoms with Crippen molar-refractivity contribution in [2.24, 2.45) is 5.92 Å². The first-order chi connectivity index (χ1) is 16.1. The quantitative estimate of drug-likeness (QED) is 0.198. The van der Waals surface area contributed by atoms with Gasteiger partial charge in [-0.1, -0.05) is 17.7 Å². The highest BCUT2D eigenvalue weighted by atomic mass is 16.6. The molecule has 0 saturated carbocycles. The number of nitro benzene ring substituents is 1. The number of amides is 1. The Bertz CT molecular complexity index is 1130. The number of aryl methyl sites for hydroxylation is 1. The maximum absolute atomic E-state index is 13.4. The third kappa shape index (κ3) is 3.90. The van der Waals surface area contributed by atoms with E-state index in [0.717, 1.165) is 5.56 Å². The number of carbonyl (C=O) groups excluding carboxylic acids is 3. The van der Waals surface area contributed by atoms with Crippen LogP contribution in [-0.2, 0) is 25.7 Å². The standard InChI is InChI=1S/C24H25N3O7/c1-14-3-7-17(8-4-14)25-13-24(20(29)11-19-21(15(2)28)22(30)26(19)24)23(31)34-12-16-5-9-18(10-6-16)27(32)33/h3-10,15,19,21,25,28H,11-13H2,1-2H3/t15-,19-,21-,24+/m1/s1. The van der Waals surface area contributed by atoms with Crippen LogP contribution in [0.15, 0.2) is 48.5 Å². The third-order valence-corrected chi connectivity index (χ3v) is 6.51. The summed E-state index contributed by atoms with van der Waals surface area (Å²) in [5.41, 5.74) is 0.248. The van der Waals surface area contributed by atoms with Crippen LogP contribution in [-0.4, -0.2) is 56.8 Å². The molecule has 2 aromatic carbocycles. The number of carbonyl (C=O) groups is 3. The molecule has 2 N–H and O–H groups in total. The van der Waals surface area contributed by atoms with Gasteiger partial charge in [0.2, 0.25) is 11.4 Å². The molecule has 1 amide bonds. The highest BCUT2D eigenvalue weighted by Gasteiger charge is 2.69. The van der Waals surface area contributed by atoms with Crippen LogP contribution < -0.4 is 5.32 Å². The van der Waals surface area contributed by atoms with Crippen LogP contribution in [0.2, 0.25) is 0 Å². The molecule has 0 radical (unpaired) electrons. The monoisotopic (exact) mass is 467 g/mol. The summed E-state index contributed by atoms with van der Waals surface area (Å²) >= 11 is 0. The zero-order valence-corrected chi connectivity index (χ0v) is 18.8. The van der Waals surface area contributed by atoms with Crippen LogP contribution in [0.4, 0.5) is 11.4 Å². The number of aliphatic hydroxyl groups excluding tert-OH is 1. The zero-order valence-electron chi connectivity index (χ0n) is 18.8. The maximum atomic E-state index is 13.4. The smallest absolute Gasteiger partial charge is 0.342 e. The van der Waals surface area contributed by atoms with Crippen LogP contribution >= 0.6 is 0 Å². The van der Waals surface area contributed by atoms with Crippen molar-refractivity contribution in [3.05, 3.63) is 69.8 Å². The molecule has 2 saturated heterocycles. The lowest BCUT2D eigenvalue weighted by Crippen LogP contribution is -2.72. The number of rotatable bonds is 8. The number of aliphatic hydroxyl groups is 1. The fraction of sp³-hybridized carbons (Fsp3) is 0.375. The van der Waals surface area contributed by atoms with E-state index in [1.165, 1.54) is 36.1 Å². The molecular formula is C24H25N3O7. The largest absolute Gasteiger partial charge is 0.459 e. The molecule has 0 aliphatic carbocycles. The Morgan fingerprint density at radius 3 is 2.47 bits per heavy atom. The molecular weight excluding hydrogens is 442 g/mol. The third-order valence-electron chi connectivity index (χ3n) is 6.51. The van der Waals surface area contributed by atoms with Gasteiger partial charge in [0.1, 0.15) is 6.61 Å². The topological polar surface area (TPSA) is 139 Å². The van der Waals surface area contributed by atoms with E-state index in [-0.39, 0.29) is 25.3 Å². The van der Waals surface area contributed by atoms with Crippen molar-refractivity contribution in [2.75, 3.05) is 11.9 Å². The fourth-order valence-electron chi connectivity index (χ4n) is 4.63. The molecule has 178 valence electrons. The predicted octanol–water partition coefficient (Wildman–Crippen LogP) is 1.98. The molecule has 10 nitrogen and oxygen atoms in total. The van der Waals surface area contributed by atoms with Crippen molar-refractivity contribution < 1.29 is 29.2 Å². The van der Waals surface area contributed by atoms with Crippen molar-refractivity contribution in [1.82, 2.24) is 4.90 Å². The summed E-state index contributed by atoms with van der Waals surface area (Å²) in [5, 5.41) is 23.9. The molecule has 0 unspecified atom stereocenters. The second kappa shape index (κ2) is 8.86. The highest BCUT2D eigenvalue weighted by molar-refractivity contribution is 6.16. The number of nitrogens with one attached hydrogen (secondary N) is 1. The number of hydrogen-bond donors (Lipinski definition) is 2. The molecule has 4 atom stereocenters. The molecule has 10 heteroatoms. The van der Waals surface area contributed by atoms with Crippen LogP contribution in [0.25, 0.3) is 0 Å². The number of nitro groups is 1. The van der Waals surface area contributed by atoms with E-state index in [0.29, 0.717) is 11.3 Å². The number of hydrogen-bond acceptors (Lipinski definition) is 8. The average molecular weight is 467 g/mol. The van der Waals surface area contributed by atoms with E-state index < -0.39 is 46.2 Å². The van der Waals surface area contributed by atoms with Gasteiger partial charge in [0.15, 0.2) is 5.78 Å². The van der Waals surface area contributed by atoms with Gasteiger partial charge in [-0.15, -0.1) is 0 Å². The molecule has 0 bridgehead atoms. The van der Waals surface area contributed by atoms with Gasteiger partial charge in [0, 0.05) is 24.2 Å². The molecule has 2 aromatic rings. The van der Waals surface area contributed by atoms with Crippen LogP contribution in [0.1, 0.15) is 24.5 Å². The van der Waals surface area contributed by atoms with Crippen LogP contribution in [0.5, 0.6) is 0 Å². The number of anilines is 1. The number of non-ortho nitro benzene ring substituents is 1. The number of β-lactam (4-membered cyclic amide) rings is 1. The molecule has 2 aliphatic rings. The normalized spacial score (nSPS) is 24.3. The molecule has 0 aromatic heterocycles. The molecule has 4 rings (SSSR count). The summed E-state index contributed by atoms with van der Waals surface area (Å²) in [6.07, 6.45) is -0.998. The van der Waals surface area contributed by atoms with E-state index in [9.17, 15) is 29.6 Å². The summed E-state index contributed by atoms with van der Waals surface area (Å²) in [7, 11) is 0. The van der Waals surface area contributed by atoms with Crippen molar-refractivity contribution in [3.8, 4) is 0 Å². The Hall–Kier alpha value is -3.79. The SMILES string of the molecule is Cc1ccc(NC[C@@]2(C(=O)OCc3ccc([N+](=O)[O-])cc3)C(=O)C[C@@H]3[C@@H]([C@@H](C)O)C(=O)N32)cc1. The van der Waals surface area contributed by atoms with Crippen molar-refractivity contribution in [1.29, 1.82) is 0 Å². The Balaban J connectivity index is 1.57. The summed E-state index contributed by atoms with van der Waals surface area (Å²) < 4.78 is 5.46. The van der Waals surface area contributed by atoms with Crippen LogP contribution in [0.3, 0.4) is 0 Å². The van der Waals surface area contributed by atoms with Gasteiger partial charge in [-0.05, 0) is 43.7 Å². The number of ether oxygens (including phenoxy) is 1. The van der Waals surface area contributed by atoms with Gasteiger partial charge in [0.25, 0.3) is 5.69 Å². The first kappa shape index (κ1) is 23.4. The van der Waals surface area contributed by atoms with E-state index in [4.69, 9.17) is 4.74 Å². The lowest BCUT2D eigenvalue weighted by atomic mass is 9.83. The number of esters is 1. The second-order valence-electron chi connectivity index (χ2n) is 8.75. The van der Waals surface area contributed by atoms with Crippen molar-refractivity contribution in [3.63, 3.8) is 0 Å². The van der Waals surface area contributed by atoms with E-state index >= 15 is 0 Å². The summed E-state index contributed by atoms with van der Waals surface area (Å²) in [6, 6.07) is 12.3. The zero-order chi connectivity index (χ0) is 24.6. The number of ketones is 1. The Kier molecular flexibility index (Phi) is 6.09. The van der Waals surface area contributed by atoms with E-state index in [1.54, 1.807) is 12.1 Å². The Labute approximate surface area is 195 Å². The van der Waals surface area contributed by atoms with Gasteiger partial charge >= 0.3 is 5.97 Å². The van der Waals surface area contributed by atoms with Crippen molar-refractivity contribution >= 4 is 29.0 Å². The van der Waals surface area contributed by atoms with Gasteiger partial charge in [-0.25, -0.2) is 4.79 Å². The molecule has 34 heavy (non-hydrogen) atoms. The first-order valence-electron chi connectivity index (χ1n) is 10.9. The fourth-order valence-corrected chi connectivity index (χ4v) is 4.63. The van der Waals surface area contributed by atoms with Gasteiger partial charge in [0.05, 0.1) is 29.5 Å². The summed E-state index contributed by atoms with van der Waals surface area (Å²) in [4.78, 5) is 51.0. The van der Waals surface area contributed by atoms with Gasteiger partial charge in [-0.2, -0.15) is 0 Å². The van der Waals surface area contributed by atoms with E-state index in [1.807, 2.05) is 19.1 Å². The molecule has 2 fully saturated rings. The summed E-state index contributed by atoms with van der Waals surface area (Å²) in [6.45, 7) is 3.02. The van der Waals surface area contributed by atoms with Gasteiger partial charge < -0.3 is 20.1 Å². The van der Waals surface area contributed by atoms with Crippen molar-refractivity contribution in [2.45, 2.75) is 44.6 Å². The Morgan fingerprint density at radius 1 is 1.24 bits per heavy atom. The minimum absolute atomic E-state index is 0.0521. The summed E-state index contributed by atoms with van der Waals surface area (Å²) in [5.74, 6) is -2.55. The maximum Gasteiger partial charge on any atom is 0.342 e. The number of Topliss-reactive ketones (excluding diaryl/α,β-unsaturated/α-hetero) is 1. The number of nitrogens with zero attached hydrogens (tertiary/aromatic N) is 2. The minimum atomic E-state index is -1.86. The molecule has 2 aliphatic heterocycles. The molecule has 2 heterocycles. The first-order valence-corrected chi connectivity index (χ1v) is 10.9. The number of fused-ring (bicyclic) bond motifs is 1. The minimum Gasteiger partial charge on any atom is -0.459 e. The second-order valence-corrected chi connectivity index (χ2v) is 8.75. The van der Waals surface area contributed by atoms with Crippen LogP contribution in [0, 0.1) is 23.0 Å². The van der Waals surface area contributed by atoms with Gasteiger partial charge in [-0.3, -0.25) is 19.7 Å². The van der Waals surface area contributed by atoms with E-state index in [2.05, 4.69) is 5.32 Å².